The molecule has 2 N–H and O–H groups in total. The van der Waals surface area contributed by atoms with Gasteiger partial charge in [-0.1, -0.05) is 0 Å². The number of piperidine rings is 1. The molecule has 1 radical (unpaired) electrons. The Morgan fingerprint density at radius 2 is 2.20 bits per heavy atom. The maximum Gasteiger partial charge on any atom is 0.309 e. The first kappa shape index (κ1) is 7.54. The van der Waals surface area contributed by atoms with Crippen molar-refractivity contribution in [1.29, 1.82) is 0 Å². The largest absolute Gasteiger partial charge is 0.348 e. The Kier molecular flexibility index (Phi) is 3.22. The van der Waals surface area contributed by atoms with E-state index in [1.54, 1.807) is 6.41 Å². The lowest BCUT2D eigenvalue weighted by molar-refractivity contribution is 0.369. The topological polar surface area (TPSA) is 41.1 Å². The average molecular weight is 141 g/mol. The first-order valence-corrected chi connectivity index (χ1v) is 3.74. The molecular weight excluding hydrogens is 128 g/mol. The molecule has 0 aliphatic carbocycles. The molecule has 0 saturated carbocycles. The zero-order valence-electron chi connectivity index (χ0n) is 6.02. The van der Waals surface area contributed by atoms with E-state index in [-0.39, 0.29) is 0 Å². The third-order valence-corrected chi connectivity index (χ3v) is 1.92. The summed E-state index contributed by atoms with van der Waals surface area (Å²) in [4.78, 5) is 9.80. The molecule has 1 aliphatic rings. The van der Waals surface area contributed by atoms with Crippen LogP contribution in [0.4, 0.5) is 0 Å². The first-order chi connectivity index (χ1) is 4.93. The van der Waals surface area contributed by atoms with Gasteiger partial charge in [-0.3, -0.25) is 4.79 Å². The fraction of sp³-hybridized carbons (Fsp3) is 0.857. The number of rotatable bonds is 3. The van der Waals surface area contributed by atoms with E-state index in [9.17, 15) is 4.79 Å². The predicted octanol–water partition coefficient (Wildman–Crippen LogP) is -0.357. The number of amides is 1. The van der Waals surface area contributed by atoms with Crippen LogP contribution in [-0.2, 0) is 4.79 Å². The Balaban J connectivity index is 2.07. The zero-order valence-corrected chi connectivity index (χ0v) is 6.02. The maximum atomic E-state index is 9.80. The molecule has 0 aromatic carbocycles. The summed E-state index contributed by atoms with van der Waals surface area (Å²) >= 11 is 0. The van der Waals surface area contributed by atoms with E-state index in [1.807, 2.05) is 0 Å². The molecule has 0 atom stereocenters. The fourth-order valence-corrected chi connectivity index (χ4v) is 1.27. The predicted molar refractivity (Wildman–Crippen MR) is 39.3 cm³/mol. The van der Waals surface area contributed by atoms with E-state index < -0.39 is 0 Å². The van der Waals surface area contributed by atoms with Gasteiger partial charge in [0.1, 0.15) is 0 Å². The highest BCUT2D eigenvalue weighted by molar-refractivity contribution is 5.46. The molecule has 3 heteroatoms. The highest BCUT2D eigenvalue weighted by Gasteiger charge is 2.11. The number of hydrogen-bond acceptors (Lipinski definition) is 2. The highest BCUT2D eigenvalue weighted by atomic mass is 16.1. The second-order valence-corrected chi connectivity index (χ2v) is 2.68. The van der Waals surface area contributed by atoms with Gasteiger partial charge in [-0.05, 0) is 31.8 Å². The molecule has 10 heavy (non-hydrogen) atoms. The molecule has 3 nitrogen and oxygen atoms in total. The molecule has 0 aromatic rings. The lowest BCUT2D eigenvalue weighted by Crippen LogP contribution is -2.33. The van der Waals surface area contributed by atoms with Gasteiger partial charge in [-0.15, -0.1) is 0 Å². The maximum absolute atomic E-state index is 9.80. The van der Waals surface area contributed by atoms with E-state index in [2.05, 4.69) is 10.6 Å². The van der Waals surface area contributed by atoms with Crippen LogP contribution in [0.5, 0.6) is 0 Å². The van der Waals surface area contributed by atoms with Crippen LogP contribution in [-0.4, -0.2) is 26.0 Å². The van der Waals surface area contributed by atoms with Crippen molar-refractivity contribution >= 4 is 6.41 Å². The molecule has 0 aromatic heterocycles. The van der Waals surface area contributed by atoms with E-state index in [0.29, 0.717) is 5.92 Å². The number of carbonyl (C=O) groups excluding carboxylic acids is 1. The summed E-state index contributed by atoms with van der Waals surface area (Å²) in [5, 5.41) is 5.85. The molecule has 0 unspecified atom stereocenters. The van der Waals surface area contributed by atoms with Crippen LogP contribution in [0.2, 0.25) is 0 Å². The number of nitrogens with one attached hydrogen (secondary N) is 2. The van der Waals surface area contributed by atoms with Crippen LogP contribution in [0.3, 0.4) is 0 Å². The minimum absolute atomic E-state index is 0.669. The number of hydrogen-bond donors (Lipinski definition) is 2. The van der Waals surface area contributed by atoms with Gasteiger partial charge in [-0.25, -0.2) is 0 Å². The average Bonchev–Trinajstić information content (AvgIpc) is 2.03. The quantitative estimate of drug-likeness (QED) is 0.527. The second kappa shape index (κ2) is 4.28. The highest BCUT2D eigenvalue weighted by Crippen LogP contribution is 2.08. The summed E-state index contributed by atoms with van der Waals surface area (Å²) in [6, 6.07) is 0. The van der Waals surface area contributed by atoms with Crippen molar-refractivity contribution in [3.05, 3.63) is 0 Å². The van der Waals surface area contributed by atoms with Crippen molar-refractivity contribution in [2.45, 2.75) is 12.8 Å². The molecule has 1 fully saturated rings. The van der Waals surface area contributed by atoms with Gasteiger partial charge in [0.05, 0.1) is 0 Å². The van der Waals surface area contributed by atoms with Crippen molar-refractivity contribution in [2.24, 2.45) is 5.92 Å². The monoisotopic (exact) mass is 141 g/mol. The Bertz CT molecular complexity index is 99.8. The van der Waals surface area contributed by atoms with Gasteiger partial charge in [0.15, 0.2) is 0 Å². The normalized spacial score (nSPS) is 20.4. The van der Waals surface area contributed by atoms with Crippen LogP contribution >= 0.6 is 0 Å². The Morgan fingerprint density at radius 3 is 2.80 bits per heavy atom. The molecule has 1 rings (SSSR count). The summed E-state index contributed by atoms with van der Waals surface area (Å²) in [5.41, 5.74) is 0. The molecule has 1 heterocycles. The third kappa shape index (κ3) is 2.35. The van der Waals surface area contributed by atoms with Crippen molar-refractivity contribution in [3.8, 4) is 0 Å². The Hall–Kier alpha value is -0.570. The van der Waals surface area contributed by atoms with Crippen molar-refractivity contribution in [1.82, 2.24) is 10.6 Å². The fourth-order valence-electron chi connectivity index (χ4n) is 1.27. The molecule has 1 saturated heterocycles. The summed E-state index contributed by atoms with van der Waals surface area (Å²) in [6.45, 7) is 2.97. The standard InChI is InChI=1S/C7H13N2O/c10-6-9-5-7-1-3-8-4-2-7/h7-8H,1-5H2,(H,9,10). The first-order valence-electron chi connectivity index (χ1n) is 3.74. The van der Waals surface area contributed by atoms with Gasteiger partial charge < -0.3 is 10.6 Å². The van der Waals surface area contributed by atoms with Crippen molar-refractivity contribution < 1.29 is 4.79 Å². The summed E-state index contributed by atoms with van der Waals surface area (Å²) < 4.78 is 0. The van der Waals surface area contributed by atoms with Gasteiger partial charge in [-0.2, -0.15) is 0 Å². The van der Waals surface area contributed by atoms with E-state index in [4.69, 9.17) is 0 Å². The minimum Gasteiger partial charge on any atom is -0.348 e. The Labute approximate surface area is 61.2 Å². The van der Waals surface area contributed by atoms with Crippen LogP contribution in [0.25, 0.3) is 0 Å². The SMILES string of the molecule is O=[C]NCC1CCNCC1. The summed E-state index contributed by atoms with van der Waals surface area (Å²) in [5.74, 6) is 0.669. The second-order valence-electron chi connectivity index (χ2n) is 2.68. The van der Waals surface area contributed by atoms with Crippen LogP contribution in [0, 0.1) is 5.92 Å². The van der Waals surface area contributed by atoms with E-state index in [0.717, 1.165) is 19.6 Å². The van der Waals surface area contributed by atoms with Gasteiger partial charge in [0.25, 0.3) is 0 Å². The Morgan fingerprint density at radius 1 is 1.50 bits per heavy atom. The third-order valence-electron chi connectivity index (χ3n) is 1.92. The summed E-state index contributed by atoms with van der Waals surface area (Å²) in [6.07, 6.45) is 4.05. The molecule has 1 amide bonds. The summed E-state index contributed by atoms with van der Waals surface area (Å²) in [7, 11) is 0. The van der Waals surface area contributed by atoms with Gasteiger partial charge >= 0.3 is 6.41 Å². The van der Waals surface area contributed by atoms with Crippen molar-refractivity contribution in [2.75, 3.05) is 19.6 Å². The van der Waals surface area contributed by atoms with Crippen LogP contribution in [0.1, 0.15) is 12.8 Å². The van der Waals surface area contributed by atoms with E-state index >= 15 is 0 Å². The lowest BCUT2D eigenvalue weighted by Gasteiger charge is -2.21. The van der Waals surface area contributed by atoms with E-state index in [1.165, 1.54) is 12.8 Å². The van der Waals surface area contributed by atoms with Gasteiger partial charge in [0, 0.05) is 6.54 Å². The van der Waals surface area contributed by atoms with Crippen LogP contribution < -0.4 is 10.6 Å². The zero-order chi connectivity index (χ0) is 7.23. The molecule has 0 spiro atoms. The molecule has 1 aliphatic heterocycles. The van der Waals surface area contributed by atoms with Crippen molar-refractivity contribution in [3.63, 3.8) is 0 Å². The lowest BCUT2D eigenvalue weighted by atomic mass is 9.98. The molecule has 57 valence electrons. The minimum atomic E-state index is 0.669. The smallest absolute Gasteiger partial charge is 0.309 e. The van der Waals surface area contributed by atoms with Crippen LogP contribution in [0.15, 0.2) is 0 Å². The molecular formula is C7H13N2O. The molecule has 0 bridgehead atoms. The van der Waals surface area contributed by atoms with Gasteiger partial charge in [0.2, 0.25) is 0 Å².